The summed E-state index contributed by atoms with van der Waals surface area (Å²) in [6.45, 7) is 0. The normalized spacial score (nSPS) is 10.9. The standard InChI is InChI=1S/C13H9BrN2O/c14-10-5-2-6-11-12(10)17-13(16-11)8-3-1-4-9(15)7-8/h1-7H,15H2. The number of anilines is 1. The molecule has 0 aliphatic rings. The number of hydrogen-bond acceptors (Lipinski definition) is 3. The SMILES string of the molecule is Nc1cccc(-c2nc3cccc(Br)c3o2)c1. The average Bonchev–Trinajstić information content (AvgIpc) is 2.74. The Morgan fingerprint density at radius 3 is 2.71 bits per heavy atom. The number of aromatic nitrogens is 1. The molecule has 84 valence electrons. The van der Waals surface area contributed by atoms with Crippen molar-refractivity contribution in [3.8, 4) is 11.5 Å². The third-order valence-electron chi connectivity index (χ3n) is 2.50. The number of rotatable bonds is 1. The van der Waals surface area contributed by atoms with Crippen LogP contribution in [0.25, 0.3) is 22.6 Å². The summed E-state index contributed by atoms with van der Waals surface area (Å²) in [4.78, 5) is 4.43. The van der Waals surface area contributed by atoms with Crippen molar-refractivity contribution in [3.63, 3.8) is 0 Å². The molecule has 3 aromatic rings. The van der Waals surface area contributed by atoms with Crippen LogP contribution in [0, 0.1) is 0 Å². The Bertz CT molecular complexity index is 691. The van der Waals surface area contributed by atoms with Crippen molar-refractivity contribution in [2.24, 2.45) is 0 Å². The van der Waals surface area contributed by atoms with E-state index in [1.54, 1.807) is 0 Å². The third-order valence-corrected chi connectivity index (χ3v) is 3.12. The molecule has 4 heteroatoms. The van der Waals surface area contributed by atoms with E-state index >= 15 is 0 Å². The number of hydrogen-bond donors (Lipinski definition) is 1. The molecule has 0 atom stereocenters. The first-order valence-corrected chi connectivity index (χ1v) is 5.94. The van der Waals surface area contributed by atoms with Crippen molar-refractivity contribution < 1.29 is 4.42 Å². The Morgan fingerprint density at radius 1 is 1.12 bits per heavy atom. The molecular formula is C13H9BrN2O. The number of nitrogens with zero attached hydrogens (tertiary/aromatic N) is 1. The average molecular weight is 289 g/mol. The van der Waals surface area contributed by atoms with E-state index in [-0.39, 0.29) is 0 Å². The largest absolute Gasteiger partial charge is 0.435 e. The summed E-state index contributed by atoms with van der Waals surface area (Å²) in [5.41, 5.74) is 8.91. The lowest BCUT2D eigenvalue weighted by Gasteiger charge is -1.96. The highest BCUT2D eigenvalue weighted by Gasteiger charge is 2.10. The highest BCUT2D eigenvalue weighted by atomic mass is 79.9. The second-order valence-corrected chi connectivity index (χ2v) is 4.59. The highest BCUT2D eigenvalue weighted by molar-refractivity contribution is 9.10. The van der Waals surface area contributed by atoms with Gasteiger partial charge in [0.1, 0.15) is 5.52 Å². The smallest absolute Gasteiger partial charge is 0.227 e. The molecule has 3 rings (SSSR count). The molecule has 0 radical (unpaired) electrons. The molecule has 0 fully saturated rings. The third kappa shape index (κ3) is 1.80. The summed E-state index contributed by atoms with van der Waals surface area (Å²) < 4.78 is 6.63. The van der Waals surface area contributed by atoms with E-state index in [0.29, 0.717) is 11.6 Å². The van der Waals surface area contributed by atoms with Gasteiger partial charge < -0.3 is 10.2 Å². The molecule has 2 aromatic carbocycles. The van der Waals surface area contributed by atoms with Crippen molar-refractivity contribution in [1.82, 2.24) is 4.98 Å². The van der Waals surface area contributed by atoms with Crippen LogP contribution in [0.15, 0.2) is 51.4 Å². The maximum atomic E-state index is 5.74. The second-order valence-electron chi connectivity index (χ2n) is 3.73. The minimum absolute atomic E-state index is 0.583. The minimum atomic E-state index is 0.583. The first-order chi connectivity index (χ1) is 8.24. The van der Waals surface area contributed by atoms with Crippen LogP contribution in [-0.2, 0) is 0 Å². The van der Waals surface area contributed by atoms with Crippen LogP contribution in [-0.4, -0.2) is 4.98 Å². The van der Waals surface area contributed by atoms with E-state index in [9.17, 15) is 0 Å². The fourth-order valence-corrected chi connectivity index (χ4v) is 2.15. The van der Waals surface area contributed by atoms with Crippen molar-refractivity contribution in [2.45, 2.75) is 0 Å². The summed E-state index contributed by atoms with van der Waals surface area (Å²) in [5, 5.41) is 0. The van der Waals surface area contributed by atoms with E-state index in [0.717, 1.165) is 21.1 Å². The van der Waals surface area contributed by atoms with E-state index in [4.69, 9.17) is 10.2 Å². The van der Waals surface area contributed by atoms with Gasteiger partial charge in [0.2, 0.25) is 5.89 Å². The fourth-order valence-electron chi connectivity index (χ4n) is 1.71. The Hall–Kier alpha value is -1.81. The van der Waals surface area contributed by atoms with Gasteiger partial charge in [-0.25, -0.2) is 4.98 Å². The molecule has 0 aliphatic carbocycles. The minimum Gasteiger partial charge on any atom is -0.435 e. The molecule has 2 N–H and O–H groups in total. The highest BCUT2D eigenvalue weighted by Crippen LogP contribution is 2.29. The number of fused-ring (bicyclic) bond motifs is 1. The van der Waals surface area contributed by atoms with Crippen LogP contribution < -0.4 is 5.73 Å². The first kappa shape index (κ1) is 10.4. The zero-order valence-corrected chi connectivity index (χ0v) is 10.4. The first-order valence-electron chi connectivity index (χ1n) is 5.15. The molecule has 0 unspecified atom stereocenters. The second kappa shape index (κ2) is 3.89. The molecule has 0 saturated heterocycles. The Labute approximate surface area is 106 Å². The maximum absolute atomic E-state index is 5.74. The molecule has 0 saturated carbocycles. The number of nitrogen functional groups attached to an aromatic ring is 1. The van der Waals surface area contributed by atoms with Crippen molar-refractivity contribution in [3.05, 3.63) is 46.9 Å². The fraction of sp³-hybridized carbons (Fsp3) is 0. The lowest BCUT2D eigenvalue weighted by atomic mass is 10.2. The van der Waals surface area contributed by atoms with E-state index in [1.165, 1.54) is 0 Å². The van der Waals surface area contributed by atoms with Crippen LogP contribution in [0.2, 0.25) is 0 Å². The zero-order valence-electron chi connectivity index (χ0n) is 8.85. The number of oxazole rings is 1. The summed E-state index contributed by atoms with van der Waals surface area (Å²) in [6, 6.07) is 13.3. The van der Waals surface area contributed by atoms with Crippen molar-refractivity contribution >= 4 is 32.7 Å². The predicted molar refractivity (Wildman–Crippen MR) is 71.6 cm³/mol. The summed E-state index contributed by atoms with van der Waals surface area (Å²) in [5.74, 6) is 0.583. The number of nitrogens with two attached hydrogens (primary N) is 1. The van der Waals surface area contributed by atoms with Crippen molar-refractivity contribution in [2.75, 3.05) is 5.73 Å². The topological polar surface area (TPSA) is 52.0 Å². The van der Waals surface area contributed by atoms with E-state index in [2.05, 4.69) is 20.9 Å². The molecule has 0 bridgehead atoms. The quantitative estimate of drug-likeness (QED) is 0.692. The Morgan fingerprint density at radius 2 is 1.94 bits per heavy atom. The number of benzene rings is 2. The number of para-hydroxylation sites is 1. The monoisotopic (exact) mass is 288 g/mol. The van der Waals surface area contributed by atoms with Gasteiger partial charge in [-0.3, -0.25) is 0 Å². The van der Waals surface area contributed by atoms with Gasteiger partial charge in [-0.05, 0) is 46.3 Å². The summed E-state index contributed by atoms with van der Waals surface area (Å²) in [7, 11) is 0. The molecule has 0 aliphatic heterocycles. The Kier molecular flexibility index (Phi) is 2.37. The molecule has 3 nitrogen and oxygen atoms in total. The van der Waals surface area contributed by atoms with Crippen LogP contribution in [0.4, 0.5) is 5.69 Å². The predicted octanol–water partition coefficient (Wildman–Crippen LogP) is 3.84. The van der Waals surface area contributed by atoms with Crippen LogP contribution in [0.1, 0.15) is 0 Å². The van der Waals surface area contributed by atoms with Crippen molar-refractivity contribution in [1.29, 1.82) is 0 Å². The van der Waals surface area contributed by atoms with E-state index < -0.39 is 0 Å². The van der Waals surface area contributed by atoms with Gasteiger partial charge in [-0.2, -0.15) is 0 Å². The van der Waals surface area contributed by atoms with Gasteiger partial charge >= 0.3 is 0 Å². The maximum Gasteiger partial charge on any atom is 0.227 e. The van der Waals surface area contributed by atoms with E-state index in [1.807, 2.05) is 42.5 Å². The zero-order chi connectivity index (χ0) is 11.8. The summed E-state index contributed by atoms with van der Waals surface area (Å²) >= 11 is 3.44. The van der Waals surface area contributed by atoms with Crippen LogP contribution in [0.5, 0.6) is 0 Å². The lowest BCUT2D eigenvalue weighted by molar-refractivity contribution is 0.618. The Balaban J connectivity index is 2.22. The molecule has 0 amide bonds. The molecule has 0 spiro atoms. The van der Waals surface area contributed by atoms with Crippen LogP contribution in [0.3, 0.4) is 0 Å². The molecule has 1 aromatic heterocycles. The van der Waals surface area contributed by atoms with Gasteiger partial charge in [0.25, 0.3) is 0 Å². The molecule has 17 heavy (non-hydrogen) atoms. The molecular weight excluding hydrogens is 280 g/mol. The van der Waals surface area contributed by atoms with Gasteiger partial charge in [0, 0.05) is 11.3 Å². The van der Waals surface area contributed by atoms with Gasteiger partial charge in [-0.15, -0.1) is 0 Å². The van der Waals surface area contributed by atoms with Gasteiger partial charge in [-0.1, -0.05) is 12.1 Å². The van der Waals surface area contributed by atoms with Crippen LogP contribution >= 0.6 is 15.9 Å². The van der Waals surface area contributed by atoms with Gasteiger partial charge in [0.15, 0.2) is 5.58 Å². The summed E-state index contributed by atoms with van der Waals surface area (Å²) in [6.07, 6.45) is 0. The number of halogens is 1. The lowest BCUT2D eigenvalue weighted by Crippen LogP contribution is -1.84. The molecule has 1 heterocycles. The van der Waals surface area contributed by atoms with Gasteiger partial charge in [0.05, 0.1) is 4.47 Å².